The van der Waals surface area contributed by atoms with Crippen LogP contribution in [0, 0.1) is 11.7 Å². The van der Waals surface area contributed by atoms with Crippen molar-refractivity contribution in [1.82, 2.24) is 10.2 Å². The van der Waals surface area contributed by atoms with Gasteiger partial charge in [0.1, 0.15) is 18.2 Å². The number of nitrogens with zero attached hydrogens (tertiary/aromatic N) is 1. The molecule has 1 saturated heterocycles. The summed E-state index contributed by atoms with van der Waals surface area (Å²) in [6.45, 7) is 3.25. The fraction of sp³-hybridized carbons (Fsp3) is 0.296. The molecule has 3 aromatic rings. The zero-order chi connectivity index (χ0) is 22.2. The molecule has 1 aliphatic heterocycles. The minimum atomic E-state index is -0.290. The first-order valence-electron chi connectivity index (χ1n) is 11.2. The summed E-state index contributed by atoms with van der Waals surface area (Å²) in [5, 5.41) is 3.21. The summed E-state index contributed by atoms with van der Waals surface area (Å²) < 4.78 is 19.2. The number of hydrogen-bond acceptors (Lipinski definition) is 3. The Kier molecular flexibility index (Phi) is 7.51. The van der Waals surface area contributed by atoms with Gasteiger partial charge in [0.25, 0.3) is 0 Å². The number of ether oxygens (including phenoxy) is 1. The number of likely N-dealkylation sites (tertiary alicyclic amines) is 1. The van der Waals surface area contributed by atoms with Gasteiger partial charge in [0.05, 0.1) is 6.04 Å². The van der Waals surface area contributed by atoms with Crippen molar-refractivity contribution in [3.63, 3.8) is 0 Å². The summed E-state index contributed by atoms with van der Waals surface area (Å²) in [6, 6.07) is 25.7. The Morgan fingerprint density at radius 3 is 2.16 bits per heavy atom. The van der Waals surface area contributed by atoms with Crippen LogP contribution in [0.15, 0.2) is 84.9 Å². The highest BCUT2D eigenvalue weighted by atomic mass is 19.1. The molecular weight excluding hydrogens is 403 g/mol. The SMILES string of the molecule is O=C(NC(c1ccccc1)c1ccc(F)cc1)C1CCN(CCOc2ccccc2)CC1. The van der Waals surface area contributed by atoms with Crippen molar-refractivity contribution in [1.29, 1.82) is 0 Å². The molecule has 1 heterocycles. The Morgan fingerprint density at radius 1 is 0.906 bits per heavy atom. The first-order chi connectivity index (χ1) is 15.7. The van der Waals surface area contributed by atoms with E-state index in [2.05, 4.69) is 10.2 Å². The molecule has 0 radical (unpaired) electrons. The van der Waals surface area contributed by atoms with Crippen LogP contribution in [0.1, 0.15) is 30.0 Å². The van der Waals surface area contributed by atoms with Crippen molar-refractivity contribution in [2.75, 3.05) is 26.2 Å². The fourth-order valence-corrected chi connectivity index (χ4v) is 4.15. The summed E-state index contributed by atoms with van der Waals surface area (Å²) in [5.41, 5.74) is 1.87. The van der Waals surface area contributed by atoms with Crippen LogP contribution in [0.3, 0.4) is 0 Å². The maximum atomic E-state index is 13.4. The van der Waals surface area contributed by atoms with Gasteiger partial charge in [-0.1, -0.05) is 60.7 Å². The number of carbonyl (C=O) groups is 1. The van der Waals surface area contributed by atoms with E-state index in [1.54, 1.807) is 12.1 Å². The molecule has 32 heavy (non-hydrogen) atoms. The third-order valence-electron chi connectivity index (χ3n) is 6.00. The lowest BCUT2D eigenvalue weighted by Crippen LogP contribution is -2.42. The molecule has 4 nitrogen and oxygen atoms in total. The molecule has 0 spiro atoms. The molecule has 0 bridgehead atoms. The number of halogens is 1. The van der Waals surface area contributed by atoms with Crippen molar-refractivity contribution >= 4 is 5.91 Å². The Balaban J connectivity index is 1.31. The van der Waals surface area contributed by atoms with Gasteiger partial charge in [0.15, 0.2) is 0 Å². The average Bonchev–Trinajstić information content (AvgIpc) is 2.85. The van der Waals surface area contributed by atoms with E-state index in [0.717, 1.165) is 49.4 Å². The standard InChI is InChI=1S/C27H29FN2O2/c28-24-13-11-22(12-14-24)26(21-7-3-1-4-8-21)29-27(31)23-15-17-30(18-16-23)19-20-32-25-9-5-2-6-10-25/h1-14,23,26H,15-20H2,(H,29,31). The highest BCUT2D eigenvalue weighted by molar-refractivity contribution is 5.79. The van der Waals surface area contributed by atoms with E-state index < -0.39 is 0 Å². The molecule has 0 aromatic heterocycles. The van der Waals surface area contributed by atoms with Gasteiger partial charge in [0.2, 0.25) is 5.91 Å². The van der Waals surface area contributed by atoms with E-state index >= 15 is 0 Å². The van der Waals surface area contributed by atoms with Gasteiger partial charge in [-0.15, -0.1) is 0 Å². The number of piperidine rings is 1. The second kappa shape index (κ2) is 10.9. The van der Waals surface area contributed by atoms with Crippen LogP contribution in [-0.2, 0) is 4.79 Å². The second-order valence-corrected chi connectivity index (χ2v) is 8.18. The monoisotopic (exact) mass is 432 g/mol. The van der Waals surface area contributed by atoms with E-state index in [1.165, 1.54) is 12.1 Å². The van der Waals surface area contributed by atoms with Crippen molar-refractivity contribution in [2.45, 2.75) is 18.9 Å². The van der Waals surface area contributed by atoms with E-state index in [-0.39, 0.29) is 23.7 Å². The fourth-order valence-electron chi connectivity index (χ4n) is 4.15. The van der Waals surface area contributed by atoms with Crippen LogP contribution in [-0.4, -0.2) is 37.0 Å². The number of benzene rings is 3. The molecule has 1 fully saturated rings. The van der Waals surface area contributed by atoms with Gasteiger partial charge in [-0.05, 0) is 61.3 Å². The topological polar surface area (TPSA) is 41.6 Å². The Hall–Kier alpha value is -3.18. The summed E-state index contributed by atoms with van der Waals surface area (Å²) >= 11 is 0. The summed E-state index contributed by atoms with van der Waals surface area (Å²) in [5.74, 6) is 0.640. The van der Waals surface area contributed by atoms with E-state index in [1.807, 2.05) is 60.7 Å². The smallest absolute Gasteiger partial charge is 0.223 e. The van der Waals surface area contributed by atoms with Gasteiger partial charge in [0, 0.05) is 12.5 Å². The van der Waals surface area contributed by atoms with Gasteiger partial charge >= 0.3 is 0 Å². The number of amides is 1. The highest BCUT2D eigenvalue weighted by Crippen LogP contribution is 2.25. The number of hydrogen-bond donors (Lipinski definition) is 1. The summed E-state index contributed by atoms with van der Waals surface area (Å²) in [7, 11) is 0. The van der Waals surface area contributed by atoms with Crippen LogP contribution < -0.4 is 10.1 Å². The molecule has 1 atom stereocenters. The van der Waals surface area contributed by atoms with Crippen molar-refractivity contribution in [2.24, 2.45) is 5.92 Å². The van der Waals surface area contributed by atoms with Crippen LogP contribution >= 0.6 is 0 Å². The Morgan fingerprint density at radius 2 is 1.50 bits per heavy atom. The minimum absolute atomic E-state index is 0.0204. The lowest BCUT2D eigenvalue weighted by Gasteiger charge is -2.32. The van der Waals surface area contributed by atoms with Crippen molar-refractivity contribution < 1.29 is 13.9 Å². The first-order valence-corrected chi connectivity index (χ1v) is 11.2. The quantitative estimate of drug-likeness (QED) is 0.555. The molecule has 1 aliphatic rings. The maximum absolute atomic E-state index is 13.4. The number of nitrogens with one attached hydrogen (secondary N) is 1. The van der Waals surface area contributed by atoms with Crippen molar-refractivity contribution in [3.8, 4) is 5.75 Å². The molecule has 0 saturated carbocycles. The Bertz CT molecular complexity index is 972. The largest absolute Gasteiger partial charge is 0.492 e. The van der Waals surface area contributed by atoms with Crippen LogP contribution in [0.4, 0.5) is 4.39 Å². The first kappa shape index (κ1) is 22.0. The van der Waals surface area contributed by atoms with Gasteiger partial charge < -0.3 is 10.1 Å². The molecular formula is C27H29FN2O2. The van der Waals surface area contributed by atoms with Crippen LogP contribution in [0.25, 0.3) is 0 Å². The summed E-state index contributed by atoms with van der Waals surface area (Å²) in [4.78, 5) is 15.4. The van der Waals surface area contributed by atoms with Crippen molar-refractivity contribution in [3.05, 3.63) is 102 Å². The lowest BCUT2D eigenvalue weighted by molar-refractivity contribution is -0.127. The maximum Gasteiger partial charge on any atom is 0.223 e. The summed E-state index contributed by atoms with van der Waals surface area (Å²) in [6.07, 6.45) is 1.64. The van der Waals surface area contributed by atoms with Crippen LogP contribution in [0.2, 0.25) is 0 Å². The molecule has 1 unspecified atom stereocenters. The molecule has 4 rings (SSSR count). The zero-order valence-corrected chi connectivity index (χ0v) is 18.1. The zero-order valence-electron chi connectivity index (χ0n) is 18.1. The van der Waals surface area contributed by atoms with Gasteiger partial charge in [-0.2, -0.15) is 0 Å². The number of carbonyl (C=O) groups excluding carboxylic acids is 1. The highest BCUT2D eigenvalue weighted by Gasteiger charge is 2.27. The van der Waals surface area contributed by atoms with Gasteiger partial charge in [-0.25, -0.2) is 4.39 Å². The number of para-hydroxylation sites is 1. The molecule has 3 aromatic carbocycles. The third-order valence-corrected chi connectivity index (χ3v) is 6.00. The average molecular weight is 433 g/mol. The molecule has 0 aliphatic carbocycles. The lowest BCUT2D eigenvalue weighted by atomic mass is 9.93. The van der Waals surface area contributed by atoms with Crippen LogP contribution in [0.5, 0.6) is 5.75 Å². The molecule has 5 heteroatoms. The predicted octanol–water partition coefficient (Wildman–Crippen LogP) is 4.82. The molecule has 1 amide bonds. The molecule has 166 valence electrons. The second-order valence-electron chi connectivity index (χ2n) is 8.18. The molecule has 1 N–H and O–H groups in total. The minimum Gasteiger partial charge on any atom is -0.492 e. The predicted molar refractivity (Wildman–Crippen MR) is 124 cm³/mol. The number of rotatable bonds is 8. The normalized spacial score (nSPS) is 15.8. The Labute approximate surface area is 189 Å². The van der Waals surface area contributed by atoms with E-state index in [4.69, 9.17) is 4.74 Å². The van der Waals surface area contributed by atoms with Gasteiger partial charge in [-0.3, -0.25) is 9.69 Å². The third kappa shape index (κ3) is 5.95. The van der Waals surface area contributed by atoms with E-state index in [9.17, 15) is 9.18 Å². The van der Waals surface area contributed by atoms with E-state index in [0.29, 0.717) is 6.61 Å².